The predicted molar refractivity (Wildman–Crippen MR) is 110 cm³/mol. The molecule has 27 heavy (non-hydrogen) atoms. The van der Waals surface area contributed by atoms with Crippen LogP contribution in [0.25, 0.3) is 0 Å². The number of hydrogen-bond acceptors (Lipinski definition) is 5. The lowest BCUT2D eigenvalue weighted by Gasteiger charge is -2.24. The van der Waals surface area contributed by atoms with Crippen molar-refractivity contribution in [2.75, 3.05) is 18.1 Å². The number of carbonyl (C=O) groups excluding carboxylic acids is 1. The number of rotatable bonds is 11. The van der Waals surface area contributed by atoms with Gasteiger partial charge in [-0.15, -0.1) is 0 Å². The van der Waals surface area contributed by atoms with Crippen molar-refractivity contribution in [2.24, 2.45) is 4.99 Å². The first-order chi connectivity index (χ1) is 13.1. The van der Waals surface area contributed by atoms with Crippen LogP contribution in [0.3, 0.4) is 0 Å². The van der Waals surface area contributed by atoms with E-state index in [9.17, 15) is 4.79 Å². The molecule has 0 radical (unpaired) electrons. The maximum atomic E-state index is 11.1. The molecule has 0 saturated carbocycles. The van der Waals surface area contributed by atoms with Gasteiger partial charge in [-0.05, 0) is 25.5 Å². The van der Waals surface area contributed by atoms with Crippen molar-refractivity contribution in [1.29, 1.82) is 0 Å². The van der Waals surface area contributed by atoms with E-state index < -0.39 is 0 Å². The number of hydrogen-bond donors (Lipinski definition) is 0. The Morgan fingerprint density at radius 1 is 1.26 bits per heavy atom. The van der Waals surface area contributed by atoms with Gasteiger partial charge in [0.25, 0.3) is 0 Å². The second-order valence-electron chi connectivity index (χ2n) is 6.97. The lowest BCUT2D eigenvalue weighted by Crippen LogP contribution is -2.23. The van der Waals surface area contributed by atoms with Gasteiger partial charge in [-0.1, -0.05) is 38.7 Å². The van der Waals surface area contributed by atoms with E-state index in [1.807, 2.05) is 31.5 Å². The van der Waals surface area contributed by atoms with Crippen LogP contribution in [0, 0.1) is 0 Å². The van der Waals surface area contributed by atoms with Gasteiger partial charge in [0, 0.05) is 37.5 Å². The van der Waals surface area contributed by atoms with E-state index in [-0.39, 0.29) is 12.1 Å². The maximum Gasteiger partial charge on any atom is 0.302 e. The molecule has 1 unspecified atom stereocenters. The van der Waals surface area contributed by atoms with Crippen LogP contribution >= 0.6 is 0 Å². The second-order valence-corrected chi connectivity index (χ2v) is 6.97. The summed E-state index contributed by atoms with van der Waals surface area (Å²) in [7, 11) is 0. The molecule has 1 aliphatic rings. The third-order valence-electron chi connectivity index (χ3n) is 4.37. The molecule has 0 aliphatic carbocycles. The molecule has 1 aliphatic heterocycles. The van der Waals surface area contributed by atoms with Gasteiger partial charge >= 0.3 is 5.97 Å². The van der Waals surface area contributed by atoms with Crippen molar-refractivity contribution in [3.05, 3.63) is 36.2 Å². The maximum absolute atomic E-state index is 11.1. The van der Waals surface area contributed by atoms with Crippen molar-refractivity contribution >= 4 is 17.9 Å². The Hall–Kier alpha value is -2.30. The lowest BCUT2D eigenvalue weighted by atomic mass is 10.2. The number of ether oxygens (including phenoxy) is 2. The van der Waals surface area contributed by atoms with E-state index in [0.29, 0.717) is 13.0 Å². The molecule has 1 aromatic carbocycles. The summed E-state index contributed by atoms with van der Waals surface area (Å²) in [5, 5.41) is 0. The number of esters is 1. The zero-order chi connectivity index (χ0) is 19.5. The molecular weight excluding hydrogens is 340 g/mol. The van der Waals surface area contributed by atoms with Gasteiger partial charge in [0.2, 0.25) is 0 Å². The minimum absolute atomic E-state index is 0.187. The van der Waals surface area contributed by atoms with E-state index in [4.69, 9.17) is 9.47 Å². The smallest absolute Gasteiger partial charge is 0.302 e. The molecule has 0 bridgehead atoms. The quantitative estimate of drug-likeness (QED) is 0.400. The number of unbranched alkanes of at least 4 members (excludes halogenated alkanes) is 4. The summed E-state index contributed by atoms with van der Waals surface area (Å²) in [4.78, 5) is 17.6. The monoisotopic (exact) mass is 372 g/mol. The molecule has 1 atom stereocenters. The van der Waals surface area contributed by atoms with E-state index in [1.54, 1.807) is 0 Å². The molecule has 0 fully saturated rings. The highest BCUT2D eigenvalue weighted by Crippen LogP contribution is 2.24. The molecule has 1 aromatic rings. The third kappa shape index (κ3) is 7.85. The Morgan fingerprint density at radius 3 is 2.85 bits per heavy atom. The van der Waals surface area contributed by atoms with E-state index >= 15 is 0 Å². The average molecular weight is 373 g/mol. The van der Waals surface area contributed by atoms with Gasteiger partial charge in [-0.3, -0.25) is 9.79 Å². The first-order valence-electron chi connectivity index (χ1n) is 9.98. The molecule has 2 rings (SSSR count). The van der Waals surface area contributed by atoms with Gasteiger partial charge in [0.1, 0.15) is 11.9 Å². The van der Waals surface area contributed by atoms with Crippen molar-refractivity contribution in [3.63, 3.8) is 0 Å². The van der Waals surface area contributed by atoms with Crippen LogP contribution in [0.1, 0.15) is 59.3 Å². The standard InChI is InChI=1S/C22H32N2O3/c1-4-5-6-7-8-14-26-22-11-9-10-21(16-22)24-13-12-23-20(17-24)15-18(2)27-19(3)25/h9-12,16-18H,4-8,13-15H2,1-3H3. The molecule has 5 nitrogen and oxygen atoms in total. The first kappa shape index (κ1) is 21.0. The van der Waals surface area contributed by atoms with Crippen LogP contribution in [0.4, 0.5) is 5.69 Å². The number of benzene rings is 1. The number of carbonyl (C=O) groups is 1. The predicted octanol–water partition coefficient (Wildman–Crippen LogP) is 5.11. The third-order valence-corrected chi connectivity index (χ3v) is 4.37. The summed E-state index contributed by atoms with van der Waals surface area (Å²) in [6.07, 6.45) is 10.5. The fourth-order valence-electron chi connectivity index (χ4n) is 3.06. The topological polar surface area (TPSA) is 51.1 Å². The SMILES string of the molecule is CCCCCCCOc1cccc(N2C=C(CC(C)OC(C)=O)N=CC2)c1. The van der Waals surface area contributed by atoms with Gasteiger partial charge in [-0.2, -0.15) is 0 Å². The van der Waals surface area contributed by atoms with E-state index in [0.717, 1.165) is 30.2 Å². The molecule has 1 heterocycles. The fraction of sp³-hybridized carbons (Fsp3) is 0.545. The zero-order valence-electron chi connectivity index (χ0n) is 16.8. The average Bonchev–Trinajstić information content (AvgIpc) is 2.64. The van der Waals surface area contributed by atoms with Crippen molar-refractivity contribution in [1.82, 2.24) is 0 Å². The zero-order valence-corrected chi connectivity index (χ0v) is 16.8. The van der Waals surface area contributed by atoms with Crippen molar-refractivity contribution in [3.8, 4) is 5.75 Å². The Balaban J connectivity index is 1.89. The molecule has 5 heteroatoms. The highest BCUT2D eigenvalue weighted by molar-refractivity contribution is 5.71. The lowest BCUT2D eigenvalue weighted by molar-refractivity contribution is -0.145. The molecule has 148 valence electrons. The molecule has 0 spiro atoms. The van der Waals surface area contributed by atoms with Crippen molar-refractivity contribution in [2.45, 2.75) is 65.4 Å². The molecule has 0 amide bonds. The summed E-state index contributed by atoms with van der Waals surface area (Å²) in [5.74, 6) is 0.632. The van der Waals surface area contributed by atoms with Crippen LogP contribution in [0.2, 0.25) is 0 Å². The number of nitrogens with zero attached hydrogens (tertiary/aromatic N) is 2. The molecule has 0 saturated heterocycles. The normalized spacial score (nSPS) is 14.6. The fourth-order valence-corrected chi connectivity index (χ4v) is 3.06. The summed E-state index contributed by atoms with van der Waals surface area (Å²) in [6, 6.07) is 8.15. The van der Waals surface area contributed by atoms with Crippen molar-refractivity contribution < 1.29 is 14.3 Å². The van der Waals surface area contributed by atoms with E-state index in [2.05, 4.69) is 28.9 Å². The van der Waals surface area contributed by atoms with Crippen LogP contribution in [0.15, 0.2) is 41.2 Å². The molecule has 0 N–H and O–H groups in total. The van der Waals surface area contributed by atoms with Crippen LogP contribution < -0.4 is 9.64 Å². The Kier molecular flexibility index (Phi) is 8.89. The molecule has 0 aromatic heterocycles. The Labute approximate surface area is 163 Å². The van der Waals surface area contributed by atoms with Crippen LogP contribution in [-0.2, 0) is 9.53 Å². The Bertz CT molecular complexity index is 655. The summed E-state index contributed by atoms with van der Waals surface area (Å²) in [5.41, 5.74) is 1.97. The van der Waals surface area contributed by atoms with Gasteiger partial charge in [-0.25, -0.2) is 0 Å². The van der Waals surface area contributed by atoms with Gasteiger partial charge in [0.05, 0.1) is 18.8 Å². The largest absolute Gasteiger partial charge is 0.494 e. The molecular formula is C22H32N2O3. The second kappa shape index (κ2) is 11.4. The summed E-state index contributed by atoms with van der Waals surface area (Å²) >= 11 is 0. The minimum atomic E-state index is -0.265. The highest BCUT2D eigenvalue weighted by Gasteiger charge is 2.13. The summed E-state index contributed by atoms with van der Waals surface area (Å²) in [6.45, 7) is 7.01. The van der Waals surface area contributed by atoms with Crippen LogP contribution in [0.5, 0.6) is 5.75 Å². The summed E-state index contributed by atoms with van der Waals surface area (Å²) < 4.78 is 11.1. The highest BCUT2D eigenvalue weighted by atomic mass is 16.5. The van der Waals surface area contributed by atoms with Gasteiger partial charge in [0.15, 0.2) is 0 Å². The van der Waals surface area contributed by atoms with E-state index in [1.165, 1.54) is 32.6 Å². The number of anilines is 1. The van der Waals surface area contributed by atoms with Gasteiger partial charge < -0.3 is 14.4 Å². The van der Waals surface area contributed by atoms with Crippen LogP contribution in [-0.4, -0.2) is 31.4 Å². The Morgan fingerprint density at radius 2 is 2.07 bits per heavy atom. The number of aliphatic imine (C=N–C) groups is 1. The first-order valence-corrected chi connectivity index (χ1v) is 9.98. The minimum Gasteiger partial charge on any atom is -0.494 e.